The topological polar surface area (TPSA) is 77.3 Å². The molecule has 30 heavy (non-hydrogen) atoms. The van der Waals surface area contributed by atoms with Crippen molar-refractivity contribution in [2.75, 3.05) is 19.7 Å². The maximum absolute atomic E-state index is 13.6. The molecule has 0 spiro atoms. The second kappa shape index (κ2) is 8.54. The Hall–Kier alpha value is -3.39. The number of aryl methyl sites for hydroxylation is 1. The van der Waals surface area contributed by atoms with Gasteiger partial charge in [0.25, 0.3) is 5.56 Å². The number of hydrogen-bond donors (Lipinski definition) is 0. The van der Waals surface area contributed by atoms with Crippen LogP contribution in [0.2, 0.25) is 0 Å². The highest BCUT2D eigenvalue weighted by molar-refractivity contribution is 5.76. The highest BCUT2D eigenvalue weighted by Gasteiger charge is 2.27. The van der Waals surface area contributed by atoms with Crippen molar-refractivity contribution in [3.63, 3.8) is 0 Å². The van der Waals surface area contributed by atoms with Gasteiger partial charge in [-0.1, -0.05) is 18.2 Å². The molecule has 154 valence electrons. The zero-order chi connectivity index (χ0) is 21.1. The molecule has 4 rings (SSSR count). The number of carbonyl (C=O) groups is 1. The third-order valence-electron chi connectivity index (χ3n) is 4.93. The molecule has 2 aromatic heterocycles. The highest BCUT2D eigenvalue weighted by Crippen LogP contribution is 2.24. The molecule has 1 amide bonds. The van der Waals surface area contributed by atoms with Gasteiger partial charge in [-0.05, 0) is 37.3 Å². The van der Waals surface area contributed by atoms with Crippen molar-refractivity contribution in [1.29, 1.82) is 0 Å². The minimum absolute atomic E-state index is 0.121. The molecule has 1 aliphatic heterocycles. The van der Waals surface area contributed by atoms with Crippen LogP contribution in [0.1, 0.15) is 17.5 Å². The van der Waals surface area contributed by atoms with Gasteiger partial charge in [0.15, 0.2) is 0 Å². The summed E-state index contributed by atoms with van der Waals surface area (Å²) in [5.41, 5.74) is 2.32. The third-order valence-corrected chi connectivity index (χ3v) is 4.93. The van der Waals surface area contributed by atoms with Crippen LogP contribution in [0, 0.1) is 12.7 Å². The molecule has 1 saturated heterocycles. The lowest BCUT2D eigenvalue weighted by Gasteiger charge is -2.32. The number of pyridine rings is 1. The Morgan fingerprint density at radius 2 is 2.03 bits per heavy atom. The fraction of sp³-hybridized carbons (Fsp3) is 0.273. The van der Waals surface area contributed by atoms with Crippen molar-refractivity contribution in [3.05, 3.63) is 82.2 Å². The number of morpholine rings is 1. The molecular formula is C22H21FN4O3. The Morgan fingerprint density at radius 3 is 2.87 bits per heavy atom. The summed E-state index contributed by atoms with van der Waals surface area (Å²) in [5, 5.41) is 4.12. The van der Waals surface area contributed by atoms with Crippen LogP contribution in [0.25, 0.3) is 11.3 Å². The Kier molecular flexibility index (Phi) is 5.67. The van der Waals surface area contributed by atoms with E-state index in [1.54, 1.807) is 36.1 Å². The summed E-state index contributed by atoms with van der Waals surface area (Å²) in [6.45, 7) is 2.75. The molecule has 1 aromatic carbocycles. The van der Waals surface area contributed by atoms with Gasteiger partial charge in [-0.3, -0.25) is 9.59 Å². The molecule has 0 saturated carbocycles. The average Bonchev–Trinajstić information content (AvgIpc) is 2.76. The molecule has 0 unspecified atom stereocenters. The first-order valence-corrected chi connectivity index (χ1v) is 9.66. The summed E-state index contributed by atoms with van der Waals surface area (Å²) in [7, 11) is 0. The molecule has 0 bridgehead atoms. The molecule has 0 radical (unpaired) electrons. The summed E-state index contributed by atoms with van der Waals surface area (Å²) in [6.07, 6.45) is -0.404. The average molecular weight is 408 g/mol. The van der Waals surface area contributed by atoms with Gasteiger partial charge < -0.3 is 9.64 Å². The second-order valence-corrected chi connectivity index (χ2v) is 7.13. The maximum atomic E-state index is 13.6. The van der Waals surface area contributed by atoms with E-state index in [0.717, 1.165) is 0 Å². The number of hydrogen-bond acceptors (Lipinski definition) is 5. The molecule has 3 heterocycles. The Balaban J connectivity index is 1.50. The lowest BCUT2D eigenvalue weighted by molar-refractivity contribution is -0.140. The van der Waals surface area contributed by atoms with Crippen molar-refractivity contribution >= 4 is 5.91 Å². The maximum Gasteiger partial charge on any atom is 0.267 e. The molecule has 1 atom stereocenters. The van der Waals surface area contributed by atoms with Crippen molar-refractivity contribution in [2.24, 2.45) is 0 Å². The smallest absolute Gasteiger partial charge is 0.267 e. The van der Waals surface area contributed by atoms with E-state index in [1.165, 1.54) is 22.9 Å². The lowest BCUT2D eigenvalue weighted by Crippen LogP contribution is -2.45. The first kappa shape index (κ1) is 19.9. The molecule has 1 aliphatic rings. The van der Waals surface area contributed by atoms with Crippen molar-refractivity contribution < 1.29 is 13.9 Å². The van der Waals surface area contributed by atoms with E-state index < -0.39 is 6.10 Å². The monoisotopic (exact) mass is 408 g/mol. The molecule has 1 fully saturated rings. The minimum Gasteiger partial charge on any atom is -0.368 e. The molecular weight excluding hydrogens is 387 g/mol. The van der Waals surface area contributed by atoms with Crippen molar-refractivity contribution in [3.8, 4) is 11.3 Å². The minimum atomic E-state index is -0.404. The predicted molar refractivity (Wildman–Crippen MR) is 108 cm³/mol. The van der Waals surface area contributed by atoms with Crippen LogP contribution in [-0.2, 0) is 16.1 Å². The van der Waals surface area contributed by atoms with Crippen LogP contribution < -0.4 is 5.56 Å². The first-order chi connectivity index (χ1) is 14.5. The van der Waals surface area contributed by atoms with Crippen molar-refractivity contribution in [1.82, 2.24) is 19.7 Å². The SMILES string of the molecule is Cc1ccc(=O)n(CC(=O)N2CCO[C@@H](c3cccc(-c4cccc(F)c4)n3)C2)n1. The number of amides is 1. The van der Waals surface area contributed by atoms with Crippen LogP contribution in [0.15, 0.2) is 59.4 Å². The van der Waals surface area contributed by atoms with E-state index in [-0.39, 0.29) is 23.8 Å². The normalized spacial score (nSPS) is 16.5. The van der Waals surface area contributed by atoms with Crippen LogP contribution in [0.3, 0.4) is 0 Å². The molecule has 8 heteroatoms. The Labute approximate surface area is 172 Å². The second-order valence-electron chi connectivity index (χ2n) is 7.13. The van der Waals surface area contributed by atoms with Crippen molar-refractivity contribution in [2.45, 2.75) is 19.6 Å². The number of ether oxygens (including phenoxy) is 1. The van der Waals surface area contributed by atoms with Crippen LogP contribution in [0.5, 0.6) is 0 Å². The standard InChI is InChI=1S/C22H21FN4O3/c1-15-8-9-21(28)27(25-15)14-22(29)26-10-11-30-20(13-26)19-7-3-6-18(24-19)16-4-2-5-17(23)12-16/h2-9,12,20H,10-11,13-14H2,1H3/t20-/m1/s1. The molecule has 0 aliphatic carbocycles. The van der Waals surface area contributed by atoms with Gasteiger partial charge in [0.1, 0.15) is 18.5 Å². The number of halogens is 1. The highest BCUT2D eigenvalue weighted by atomic mass is 19.1. The largest absolute Gasteiger partial charge is 0.368 e. The Bertz CT molecular complexity index is 1130. The quantitative estimate of drug-likeness (QED) is 0.662. The number of benzene rings is 1. The number of carbonyl (C=O) groups excluding carboxylic acids is 1. The fourth-order valence-corrected chi connectivity index (χ4v) is 3.39. The number of aromatic nitrogens is 3. The van der Waals surface area contributed by atoms with E-state index in [0.29, 0.717) is 42.3 Å². The van der Waals surface area contributed by atoms with E-state index in [2.05, 4.69) is 10.1 Å². The van der Waals surface area contributed by atoms with E-state index in [4.69, 9.17) is 4.74 Å². The zero-order valence-corrected chi connectivity index (χ0v) is 16.5. The number of nitrogens with zero attached hydrogens (tertiary/aromatic N) is 4. The lowest BCUT2D eigenvalue weighted by atomic mass is 10.1. The number of rotatable bonds is 4. The molecule has 3 aromatic rings. The third kappa shape index (κ3) is 4.44. The summed E-state index contributed by atoms with van der Waals surface area (Å²) in [4.78, 5) is 31.0. The summed E-state index contributed by atoms with van der Waals surface area (Å²) in [6, 6.07) is 14.7. The van der Waals surface area contributed by atoms with Gasteiger partial charge in [0.05, 0.1) is 30.2 Å². The first-order valence-electron chi connectivity index (χ1n) is 9.66. The zero-order valence-electron chi connectivity index (χ0n) is 16.5. The predicted octanol–water partition coefficient (Wildman–Crippen LogP) is 2.35. The van der Waals surface area contributed by atoms with Gasteiger partial charge in [-0.2, -0.15) is 5.10 Å². The van der Waals surface area contributed by atoms with Gasteiger partial charge in [-0.25, -0.2) is 14.1 Å². The van der Waals surface area contributed by atoms with E-state index in [9.17, 15) is 14.0 Å². The summed E-state index contributed by atoms with van der Waals surface area (Å²) in [5.74, 6) is -0.532. The molecule has 7 nitrogen and oxygen atoms in total. The van der Waals surface area contributed by atoms with Gasteiger partial charge in [0, 0.05) is 18.2 Å². The van der Waals surface area contributed by atoms with Crippen LogP contribution in [-0.4, -0.2) is 45.3 Å². The summed E-state index contributed by atoms with van der Waals surface area (Å²) < 4.78 is 20.6. The van der Waals surface area contributed by atoms with Crippen LogP contribution in [0.4, 0.5) is 4.39 Å². The summed E-state index contributed by atoms with van der Waals surface area (Å²) >= 11 is 0. The van der Waals surface area contributed by atoms with Gasteiger partial charge in [0.2, 0.25) is 5.91 Å². The van der Waals surface area contributed by atoms with E-state index >= 15 is 0 Å². The molecule has 0 N–H and O–H groups in total. The van der Waals surface area contributed by atoms with Crippen LogP contribution >= 0.6 is 0 Å². The van der Waals surface area contributed by atoms with Gasteiger partial charge >= 0.3 is 0 Å². The van der Waals surface area contributed by atoms with Gasteiger partial charge in [-0.15, -0.1) is 0 Å². The fourth-order valence-electron chi connectivity index (χ4n) is 3.39. The Morgan fingerprint density at radius 1 is 1.20 bits per heavy atom. The van der Waals surface area contributed by atoms with E-state index in [1.807, 2.05) is 12.1 Å².